The molecule has 4 nitrogen and oxygen atoms in total. The van der Waals surface area contributed by atoms with Gasteiger partial charge in [-0.05, 0) is 109 Å². The molecule has 2 fully saturated rings. The third-order valence-corrected chi connectivity index (χ3v) is 10.9. The van der Waals surface area contributed by atoms with Crippen LogP contribution in [0, 0.1) is 35.4 Å². The Morgan fingerprint density at radius 2 is 1.86 bits per heavy atom. The number of fused-ring (bicyclic) bond motifs is 1. The second kappa shape index (κ2) is 10.4. The van der Waals surface area contributed by atoms with Gasteiger partial charge in [-0.15, -0.1) is 11.3 Å². The van der Waals surface area contributed by atoms with Crippen molar-refractivity contribution in [3.63, 3.8) is 0 Å². The van der Waals surface area contributed by atoms with Crippen molar-refractivity contribution in [2.45, 2.75) is 43.4 Å². The summed E-state index contributed by atoms with van der Waals surface area (Å²) in [4.78, 5) is 13.6. The summed E-state index contributed by atoms with van der Waals surface area (Å²) in [5, 5.41) is 12.7. The minimum atomic E-state index is -0.305. The number of esters is 1. The minimum absolute atomic E-state index is 0.0414. The summed E-state index contributed by atoms with van der Waals surface area (Å²) in [6.45, 7) is 2.07. The first-order chi connectivity index (χ1) is 20.4. The lowest BCUT2D eigenvalue weighted by molar-refractivity contribution is -0.159. The first-order valence-corrected chi connectivity index (χ1v) is 15.8. The Kier molecular flexibility index (Phi) is 6.72. The molecule has 210 valence electrons. The summed E-state index contributed by atoms with van der Waals surface area (Å²) in [6, 6.07) is 26.4. The van der Waals surface area contributed by atoms with Crippen molar-refractivity contribution >= 4 is 40.2 Å². The third kappa shape index (κ3) is 4.54. The average molecular weight is 593 g/mol. The number of halogens is 1. The molecular weight excluding hydrogens is 564 g/mol. The van der Waals surface area contributed by atoms with Gasteiger partial charge in [0.05, 0.1) is 24.2 Å². The monoisotopic (exact) mass is 592 g/mol. The SMILES string of the molecule is COC(=O)C1CC2(C1)CC(c1cccc(-c3c(-c4ccsc4C#N)c4cc(F)ccc4n3Sc3ccc(C)cc3)c1)C2. The summed E-state index contributed by atoms with van der Waals surface area (Å²) in [7, 11) is 1.47. The number of hydrogen-bond acceptors (Lipinski definition) is 5. The largest absolute Gasteiger partial charge is 0.469 e. The summed E-state index contributed by atoms with van der Waals surface area (Å²) in [5.41, 5.74) is 7.33. The molecule has 2 heterocycles. The number of nitrogens with zero attached hydrogens (tertiary/aromatic N) is 2. The van der Waals surface area contributed by atoms with Gasteiger partial charge in [-0.1, -0.05) is 35.9 Å². The Morgan fingerprint density at radius 1 is 1.07 bits per heavy atom. The normalized spacial score (nSPS) is 21.1. The lowest BCUT2D eigenvalue weighted by atomic mass is 9.47. The van der Waals surface area contributed by atoms with Crippen molar-refractivity contribution in [2.24, 2.45) is 11.3 Å². The maximum absolute atomic E-state index is 14.8. The van der Waals surface area contributed by atoms with Crippen molar-refractivity contribution < 1.29 is 13.9 Å². The average Bonchev–Trinajstić information content (AvgIpc) is 3.54. The molecule has 5 aromatic rings. The number of methoxy groups -OCH3 is 1. The molecule has 0 atom stereocenters. The van der Waals surface area contributed by atoms with E-state index >= 15 is 0 Å². The molecule has 0 N–H and O–H groups in total. The van der Waals surface area contributed by atoms with Crippen LogP contribution in [0.5, 0.6) is 0 Å². The molecule has 0 bridgehead atoms. The molecular formula is C35H29FN2O2S2. The number of aromatic nitrogens is 1. The molecule has 0 amide bonds. The molecule has 7 heteroatoms. The van der Waals surface area contributed by atoms with E-state index in [2.05, 4.69) is 65.5 Å². The van der Waals surface area contributed by atoms with Crippen molar-refractivity contribution in [3.05, 3.63) is 100.0 Å². The van der Waals surface area contributed by atoms with E-state index in [1.807, 2.05) is 17.5 Å². The van der Waals surface area contributed by atoms with Gasteiger partial charge in [-0.3, -0.25) is 8.77 Å². The molecule has 2 aromatic heterocycles. The summed E-state index contributed by atoms with van der Waals surface area (Å²) in [5.74, 6) is 0.0856. The van der Waals surface area contributed by atoms with Crippen molar-refractivity contribution in [3.8, 4) is 28.5 Å². The van der Waals surface area contributed by atoms with E-state index in [4.69, 9.17) is 4.74 Å². The predicted molar refractivity (Wildman–Crippen MR) is 167 cm³/mol. The molecule has 3 aromatic carbocycles. The van der Waals surface area contributed by atoms with Gasteiger partial charge in [0.25, 0.3) is 0 Å². The van der Waals surface area contributed by atoms with Crippen molar-refractivity contribution in [2.75, 3.05) is 7.11 Å². The Labute approximate surface area is 252 Å². The first kappa shape index (κ1) is 27.0. The molecule has 0 saturated heterocycles. The van der Waals surface area contributed by atoms with E-state index in [-0.39, 0.29) is 23.1 Å². The summed E-state index contributed by atoms with van der Waals surface area (Å²) >= 11 is 3.01. The predicted octanol–water partition coefficient (Wildman–Crippen LogP) is 9.36. The highest BCUT2D eigenvalue weighted by Gasteiger charge is 2.55. The van der Waals surface area contributed by atoms with E-state index in [1.165, 1.54) is 35.6 Å². The van der Waals surface area contributed by atoms with Crippen LogP contribution in [0.2, 0.25) is 0 Å². The zero-order chi connectivity index (χ0) is 29.0. The third-order valence-electron chi connectivity index (χ3n) is 9.02. The smallest absolute Gasteiger partial charge is 0.308 e. The van der Waals surface area contributed by atoms with Gasteiger partial charge in [0.1, 0.15) is 16.8 Å². The van der Waals surface area contributed by atoms with E-state index in [1.54, 1.807) is 18.0 Å². The highest BCUT2D eigenvalue weighted by Crippen LogP contribution is 2.64. The highest BCUT2D eigenvalue weighted by molar-refractivity contribution is 7.98. The van der Waals surface area contributed by atoms with E-state index < -0.39 is 0 Å². The number of hydrogen-bond donors (Lipinski definition) is 0. The fourth-order valence-corrected chi connectivity index (χ4v) is 8.68. The maximum Gasteiger partial charge on any atom is 0.308 e. The van der Waals surface area contributed by atoms with Crippen LogP contribution in [0.4, 0.5) is 4.39 Å². The molecule has 2 aliphatic rings. The van der Waals surface area contributed by atoms with Crippen LogP contribution in [0.15, 0.2) is 83.1 Å². The lowest BCUT2D eigenvalue weighted by Crippen LogP contribution is -2.49. The zero-order valence-corrected chi connectivity index (χ0v) is 25.0. The molecule has 0 aliphatic heterocycles. The van der Waals surface area contributed by atoms with Crippen LogP contribution in [0.3, 0.4) is 0 Å². The number of ether oxygens (including phenoxy) is 1. The van der Waals surface area contributed by atoms with Gasteiger partial charge in [0.2, 0.25) is 0 Å². The van der Waals surface area contributed by atoms with Crippen LogP contribution in [0.25, 0.3) is 33.3 Å². The Hall–Kier alpha value is -3.86. The van der Waals surface area contributed by atoms with Crippen LogP contribution in [-0.2, 0) is 9.53 Å². The second-order valence-electron chi connectivity index (χ2n) is 11.7. The molecule has 0 unspecified atom stereocenters. The van der Waals surface area contributed by atoms with E-state index in [9.17, 15) is 14.4 Å². The molecule has 7 rings (SSSR count). The van der Waals surface area contributed by atoms with Crippen molar-refractivity contribution in [1.82, 2.24) is 3.97 Å². The van der Waals surface area contributed by atoms with Crippen LogP contribution in [-0.4, -0.2) is 17.1 Å². The Morgan fingerprint density at radius 3 is 2.60 bits per heavy atom. The molecule has 42 heavy (non-hydrogen) atoms. The quantitative estimate of drug-likeness (QED) is 0.184. The summed E-state index contributed by atoms with van der Waals surface area (Å²) in [6.07, 6.45) is 3.99. The van der Waals surface area contributed by atoms with Gasteiger partial charge in [0.15, 0.2) is 0 Å². The molecule has 0 radical (unpaired) electrons. The van der Waals surface area contributed by atoms with Gasteiger partial charge < -0.3 is 4.74 Å². The van der Waals surface area contributed by atoms with Gasteiger partial charge in [-0.25, -0.2) is 4.39 Å². The van der Waals surface area contributed by atoms with E-state index in [0.29, 0.717) is 10.8 Å². The number of benzene rings is 3. The highest BCUT2D eigenvalue weighted by atomic mass is 32.2. The number of carbonyl (C=O) groups excluding carboxylic acids is 1. The lowest BCUT2D eigenvalue weighted by Gasteiger charge is -2.57. The number of rotatable bonds is 6. The van der Waals surface area contributed by atoms with Crippen LogP contribution < -0.4 is 0 Å². The number of thiophene rings is 1. The molecule has 2 aliphatic carbocycles. The Bertz CT molecular complexity index is 1870. The van der Waals surface area contributed by atoms with Crippen LogP contribution >= 0.6 is 23.3 Å². The fourth-order valence-electron chi connectivity index (χ4n) is 6.97. The Balaban J connectivity index is 1.34. The maximum atomic E-state index is 14.8. The van der Waals surface area contributed by atoms with Crippen molar-refractivity contribution in [1.29, 1.82) is 5.26 Å². The fraction of sp³-hybridized carbons (Fsp3) is 0.257. The van der Waals surface area contributed by atoms with Gasteiger partial charge >= 0.3 is 5.97 Å². The topological polar surface area (TPSA) is 55.0 Å². The number of carbonyl (C=O) groups is 1. The number of nitriles is 1. The van der Waals surface area contributed by atoms with Gasteiger partial charge in [0, 0.05) is 27.0 Å². The number of aryl methyl sites for hydroxylation is 1. The first-order valence-electron chi connectivity index (χ1n) is 14.1. The van der Waals surface area contributed by atoms with Crippen LogP contribution in [0.1, 0.15) is 47.6 Å². The summed E-state index contributed by atoms with van der Waals surface area (Å²) < 4.78 is 21.9. The standard InChI is InChI=1S/C35H29FN2O2S2/c1-21-6-9-27(10-7-21)42-38-30-11-8-26(36)15-29(30)32(28-12-13-41-31(28)20-37)33(38)23-5-3-4-22(14-23)24-16-35(17-24)18-25(19-35)34(39)40-2/h3-15,24-25H,16-19H2,1-2H3. The van der Waals surface area contributed by atoms with Gasteiger partial charge in [-0.2, -0.15) is 5.26 Å². The molecule has 2 saturated carbocycles. The second-order valence-corrected chi connectivity index (χ2v) is 13.7. The minimum Gasteiger partial charge on any atom is -0.469 e. The molecule has 1 spiro atoms. The van der Waals surface area contributed by atoms with E-state index in [0.717, 1.165) is 63.9 Å². The zero-order valence-electron chi connectivity index (χ0n) is 23.4.